The molecule has 0 aromatic heterocycles. The highest BCUT2D eigenvalue weighted by Gasteiger charge is 2.12. The molecular weight excluding hydrogens is 290 g/mol. The number of benzene rings is 2. The largest absolute Gasteiger partial charge is 0.507 e. The highest BCUT2D eigenvalue weighted by atomic mass is 35.5. The number of alkyl halides is 1. The first kappa shape index (κ1) is 15.2. The van der Waals surface area contributed by atoms with E-state index in [0.29, 0.717) is 17.3 Å². The van der Waals surface area contributed by atoms with E-state index in [1.54, 1.807) is 18.2 Å². The molecule has 0 heterocycles. The van der Waals surface area contributed by atoms with E-state index < -0.39 is 0 Å². The molecule has 2 rings (SSSR count). The molecule has 2 aromatic rings. The molecule has 0 unspecified atom stereocenters. The van der Waals surface area contributed by atoms with Gasteiger partial charge in [0.25, 0.3) is 5.91 Å². The Bertz CT molecular complexity index is 626. The van der Waals surface area contributed by atoms with Gasteiger partial charge in [-0.3, -0.25) is 4.79 Å². The van der Waals surface area contributed by atoms with Gasteiger partial charge in [-0.1, -0.05) is 12.1 Å². The lowest BCUT2D eigenvalue weighted by atomic mass is 10.1. The maximum atomic E-state index is 12.1. The molecule has 0 aliphatic rings. The third-order valence-corrected chi connectivity index (χ3v) is 3.23. The second-order valence-corrected chi connectivity index (χ2v) is 4.85. The van der Waals surface area contributed by atoms with E-state index >= 15 is 0 Å². The van der Waals surface area contributed by atoms with Gasteiger partial charge in [0.05, 0.1) is 12.7 Å². The Morgan fingerprint density at radius 2 is 1.95 bits per heavy atom. The number of ether oxygens (including phenoxy) is 1. The van der Waals surface area contributed by atoms with E-state index in [4.69, 9.17) is 16.3 Å². The number of nitrogens with one attached hydrogen (secondary N) is 1. The van der Waals surface area contributed by atoms with Gasteiger partial charge in [0.15, 0.2) is 0 Å². The van der Waals surface area contributed by atoms with E-state index in [2.05, 4.69) is 5.32 Å². The fourth-order valence-corrected chi connectivity index (χ4v) is 2.11. The zero-order valence-corrected chi connectivity index (χ0v) is 12.4. The van der Waals surface area contributed by atoms with Crippen LogP contribution < -0.4 is 10.1 Å². The number of phenolic OH excluding ortho intramolecular Hbond substituents is 1. The van der Waals surface area contributed by atoms with E-state index in [9.17, 15) is 9.90 Å². The summed E-state index contributed by atoms with van der Waals surface area (Å²) in [6, 6.07) is 12.0. The number of anilines is 1. The minimum absolute atomic E-state index is 0.120. The van der Waals surface area contributed by atoms with Crippen LogP contribution in [0.2, 0.25) is 0 Å². The van der Waals surface area contributed by atoms with Crippen molar-refractivity contribution in [2.75, 3.05) is 18.3 Å². The molecular formula is C16H16ClNO3. The molecule has 0 aliphatic carbocycles. The van der Waals surface area contributed by atoms with Crippen LogP contribution in [0.3, 0.4) is 0 Å². The topological polar surface area (TPSA) is 58.6 Å². The van der Waals surface area contributed by atoms with Crippen molar-refractivity contribution in [2.45, 2.75) is 6.42 Å². The predicted octanol–water partition coefficient (Wildman–Crippen LogP) is 3.43. The standard InChI is InChI=1S/C16H16ClNO3/c1-21-13-6-7-14(15(19)10-13)16(20)18-12-4-2-11(3-5-12)8-9-17/h2-7,10,19H,8-9H2,1H3,(H,18,20). The number of aryl methyl sites for hydroxylation is 1. The summed E-state index contributed by atoms with van der Waals surface area (Å²) >= 11 is 5.67. The van der Waals surface area contributed by atoms with E-state index in [1.807, 2.05) is 12.1 Å². The molecule has 4 nitrogen and oxygen atoms in total. The molecule has 2 aromatic carbocycles. The van der Waals surface area contributed by atoms with Gasteiger partial charge in [0.1, 0.15) is 11.5 Å². The fourth-order valence-electron chi connectivity index (χ4n) is 1.89. The van der Waals surface area contributed by atoms with Crippen LogP contribution in [0.5, 0.6) is 11.5 Å². The summed E-state index contributed by atoms with van der Waals surface area (Å²) in [5.41, 5.74) is 1.96. The molecule has 5 heteroatoms. The minimum atomic E-state index is -0.375. The van der Waals surface area contributed by atoms with Crippen molar-refractivity contribution < 1.29 is 14.6 Å². The van der Waals surface area contributed by atoms with Gasteiger partial charge >= 0.3 is 0 Å². The summed E-state index contributed by atoms with van der Waals surface area (Å²) in [6.45, 7) is 0. The van der Waals surface area contributed by atoms with Gasteiger partial charge in [-0.05, 0) is 36.2 Å². The van der Waals surface area contributed by atoms with Crippen molar-refractivity contribution >= 4 is 23.2 Å². The van der Waals surface area contributed by atoms with Crippen LogP contribution in [-0.4, -0.2) is 24.0 Å². The second kappa shape index (κ2) is 6.99. The predicted molar refractivity (Wildman–Crippen MR) is 83.5 cm³/mol. The summed E-state index contributed by atoms with van der Waals surface area (Å²) in [5, 5.41) is 12.6. The van der Waals surface area contributed by atoms with Gasteiger partial charge in [0, 0.05) is 17.6 Å². The molecule has 0 fully saturated rings. The molecule has 0 spiro atoms. The molecule has 0 atom stereocenters. The molecule has 21 heavy (non-hydrogen) atoms. The zero-order valence-electron chi connectivity index (χ0n) is 11.6. The lowest BCUT2D eigenvalue weighted by molar-refractivity contribution is 0.102. The number of phenols is 1. The highest BCUT2D eigenvalue weighted by Crippen LogP contribution is 2.24. The Morgan fingerprint density at radius 3 is 2.52 bits per heavy atom. The van der Waals surface area contributed by atoms with Gasteiger partial charge in [0.2, 0.25) is 0 Å². The molecule has 0 bridgehead atoms. The zero-order chi connectivity index (χ0) is 15.2. The summed E-state index contributed by atoms with van der Waals surface area (Å²) < 4.78 is 4.98. The Kier molecular flexibility index (Phi) is 5.06. The van der Waals surface area contributed by atoms with Crippen LogP contribution in [0.15, 0.2) is 42.5 Å². The van der Waals surface area contributed by atoms with Gasteiger partial charge in [-0.25, -0.2) is 0 Å². The minimum Gasteiger partial charge on any atom is -0.507 e. The van der Waals surface area contributed by atoms with E-state index in [0.717, 1.165) is 12.0 Å². The Morgan fingerprint density at radius 1 is 1.24 bits per heavy atom. The molecule has 110 valence electrons. The normalized spacial score (nSPS) is 10.2. The average molecular weight is 306 g/mol. The smallest absolute Gasteiger partial charge is 0.259 e. The lowest BCUT2D eigenvalue weighted by Gasteiger charge is -2.08. The number of carbonyl (C=O) groups is 1. The SMILES string of the molecule is COc1ccc(C(=O)Nc2ccc(CCCl)cc2)c(O)c1. The van der Waals surface area contributed by atoms with Crippen molar-refractivity contribution in [1.82, 2.24) is 0 Å². The maximum absolute atomic E-state index is 12.1. The monoisotopic (exact) mass is 305 g/mol. The quantitative estimate of drug-likeness (QED) is 0.832. The van der Waals surface area contributed by atoms with Crippen molar-refractivity contribution in [3.8, 4) is 11.5 Å². The van der Waals surface area contributed by atoms with Crippen LogP contribution in [0.25, 0.3) is 0 Å². The van der Waals surface area contributed by atoms with Crippen molar-refractivity contribution in [2.24, 2.45) is 0 Å². The molecule has 0 saturated heterocycles. The number of methoxy groups -OCH3 is 1. The van der Waals surface area contributed by atoms with Gasteiger partial charge < -0.3 is 15.2 Å². The van der Waals surface area contributed by atoms with Crippen LogP contribution in [0.1, 0.15) is 15.9 Å². The molecule has 0 aliphatic heterocycles. The molecule has 2 N–H and O–H groups in total. The maximum Gasteiger partial charge on any atom is 0.259 e. The highest BCUT2D eigenvalue weighted by molar-refractivity contribution is 6.18. The first-order valence-corrected chi connectivity index (χ1v) is 7.00. The van der Waals surface area contributed by atoms with Crippen molar-refractivity contribution in [1.29, 1.82) is 0 Å². The van der Waals surface area contributed by atoms with Crippen LogP contribution >= 0.6 is 11.6 Å². The number of halogens is 1. The van der Waals surface area contributed by atoms with Crippen LogP contribution in [-0.2, 0) is 6.42 Å². The summed E-state index contributed by atoms with van der Waals surface area (Å²) in [5.74, 6) is 0.561. The summed E-state index contributed by atoms with van der Waals surface area (Å²) in [4.78, 5) is 12.1. The number of hydrogen-bond donors (Lipinski definition) is 2. The van der Waals surface area contributed by atoms with E-state index in [-0.39, 0.29) is 17.2 Å². The Labute approximate surface area is 128 Å². The Balaban J connectivity index is 2.10. The van der Waals surface area contributed by atoms with Crippen molar-refractivity contribution in [3.05, 3.63) is 53.6 Å². The lowest BCUT2D eigenvalue weighted by Crippen LogP contribution is -2.12. The summed E-state index contributed by atoms with van der Waals surface area (Å²) in [6.07, 6.45) is 0.787. The van der Waals surface area contributed by atoms with Gasteiger partial charge in [-0.15, -0.1) is 11.6 Å². The first-order valence-electron chi connectivity index (χ1n) is 6.47. The number of carbonyl (C=O) groups excluding carboxylic acids is 1. The van der Waals surface area contributed by atoms with Crippen molar-refractivity contribution in [3.63, 3.8) is 0 Å². The second-order valence-electron chi connectivity index (χ2n) is 4.47. The first-order chi connectivity index (χ1) is 10.1. The van der Waals surface area contributed by atoms with Crippen LogP contribution in [0.4, 0.5) is 5.69 Å². The fraction of sp³-hybridized carbons (Fsp3) is 0.188. The molecule has 1 amide bonds. The number of rotatable bonds is 5. The Hall–Kier alpha value is -2.20. The van der Waals surface area contributed by atoms with E-state index in [1.165, 1.54) is 19.2 Å². The average Bonchev–Trinajstić information content (AvgIpc) is 2.49. The number of hydrogen-bond acceptors (Lipinski definition) is 3. The third-order valence-electron chi connectivity index (χ3n) is 3.04. The summed E-state index contributed by atoms with van der Waals surface area (Å²) in [7, 11) is 1.50. The number of aromatic hydroxyl groups is 1. The molecule has 0 saturated carbocycles. The van der Waals surface area contributed by atoms with Gasteiger partial charge in [-0.2, -0.15) is 0 Å². The van der Waals surface area contributed by atoms with Crippen LogP contribution in [0, 0.1) is 0 Å². The third kappa shape index (κ3) is 3.89. The molecule has 0 radical (unpaired) electrons. The number of amides is 1.